The average molecular weight is 238 g/mol. The molecule has 5 heteroatoms. The SMILES string of the molecule is CC(C)C1CNCCN1C(C)CC(F)(F)F. The molecule has 0 aromatic carbocycles. The van der Waals surface area contributed by atoms with Crippen molar-refractivity contribution in [3.8, 4) is 0 Å². The summed E-state index contributed by atoms with van der Waals surface area (Å²) in [6.07, 6.45) is -4.78. The Morgan fingerprint density at radius 1 is 1.31 bits per heavy atom. The van der Waals surface area contributed by atoms with E-state index in [2.05, 4.69) is 19.2 Å². The smallest absolute Gasteiger partial charge is 0.314 e. The Balaban J connectivity index is 2.60. The molecule has 0 bridgehead atoms. The summed E-state index contributed by atoms with van der Waals surface area (Å²) in [5.74, 6) is 0.378. The van der Waals surface area contributed by atoms with Crippen LogP contribution in [-0.2, 0) is 0 Å². The van der Waals surface area contributed by atoms with Crippen molar-refractivity contribution < 1.29 is 13.2 Å². The molecular weight excluding hydrogens is 217 g/mol. The average Bonchev–Trinajstić information content (AvgIpc) is 2.15. The van der Waals surface area contributed by atoms with E-state index >= 15 is 0 Å². The third-order valence-electron chi connectivity index (χ3n) is 3.19. The number of hydrogen-bond donors (Lipinski definition) is 1. The van der Waals surface area contributed by atoms with Crippen LogP contribution < -0.4 is 5.32 Å². The fourth-order valence-electron chi connectivity index (χ4n) is 2.36. The van der Waals surface area contributed by atoms with Gasteiger partial charge in [-0.05, 0) is 12.8 Å². The van der Waals surface area contributed by atoms with Crippen LogP contribution in [0.15, 0.2) is 0 Å². The minimum absolute atomic E-state index is 0.214. The summed E-state index contributed by atoms with van der Waals surface area (Å²) in [5.41, 5.74) is 0. The van der Waals surface area contributed by atoms with Gasteiger partial charge in [-0.25, -0.2) is 0 Å². The van der Waals surface area contributed by atoms with E-state index in [1.54, 1.807) is 6.92 Å². The largest absolute Gasteiger partial charge is 0.390 e. The van der Waals surface area contributed by atoms with Crippen molar-refractivity contribution in [3.63, 3.8) is 0 Å². The molecule has 0 saturated carbocycles. The highest BCUT2D eigenvalue weighted by atomic mass is 19.4. The first-order valence-corrected chi connectivity index (χ1v) is 5.84. The van der Waals surface area contributed by atoms with Gasteiger partial charge in [0, 0.05) is 31.7 Å². The minimum Gasteiger partial charge on any atom is -0.314 e. The van der Waals surface area contributed by atoms with E-state index in [9.17, 15) is 13.2 Å². The number of rotatable bonds is 3. The van der Waals surface area contributed by atoms with Gasteiger partial charge in [0.15, 0.2) is 0 Å². The first-order valence-electron chi connectivity index (χ1n) is 5.84. The van der Waals surface area contributed by atoms with E-state index < -0.39 is 18.6 Å². The van der Waals surface area contributed by atoms with Crippen LogP contribution in [0, 0.1) is 5.92 Å². The molecule has 1 rings (SSSR count). The monoisotopic (exact) mass is 238 g/mol. The third-order valence-corrected chi connectivity index (χ3v) is 3.19. The van der Waals surface area contributed by atoms with Crippen molar-refractivity contribution in [2.45, 2.75) is 45.5 Å². The van der Waals surface area contributed by atoms with Gasteiger partial charge in [0.25, 0.3) is 0 Å². The summed E-state index contributed by atoms with van der Waals surface area (Å²) in [6, 6.07) is -0.208. The quantitative estimate of drug-likeness (QED) is 0.811. The van der Waals surface area contributed by atoms with E-state index in [0.29, 0.717) is 12.5 Å². The van der Waals surface area contributed by atoms with Crippen molar-refractivity contribution in [2.24, 2.45) is 5.92 Å². The fourth-order valence-corrected chi connectivity index (χ4v) is 2.36. The molecule has 1 heterocycles. The maximum atomic E-state index is 12.3. The highest BCUT2D eigenvalue weighted by Crippen LogP contribution is 2.26. The van der Waals surface area contributed by atoms with Crippen LogP contribution in [0.25, 0.3) is 0 Å². The van der Waals surface area contributed by atoms with Gasteiger partial charge in [0.1, 0.15) is 0 Å². The molecule has 1 aliphatic heterocycles. The molecule has 1 aliphatic rings. The Bertz CT molecular complexity index is 216. The molecule has 2 nitrogen and oxygen atoms in total. The van der Waals surface area contributed by atoms with E-state index in [4.69, 9.17) is 0 Å². The van der Waals surface area contributed by atoms with Gasteiger partial charge in [0.2, 0.25) is 0 Å². The van der Waals surface area contributed by atoms with E-state index in [0.717, 1.165) is 13.1 Å². The molecule has 2 unspecified atom stereocenters. The molecule has 96 valence electrons. The number of nitrogens with one attached hydrogen (secondary N) is 1. The third kappa shape index (κ3) is 3.94. The molecule has 16 heavy (non-hydrogen) atoms. The van der Waals surface area contributed by atoms with Crippen molar-refractivity contribution >= 4 is 0 Å². The van der Waals surface area contributed by atoms with Crippen molar-refractivity contribution in [2.75, 3.05) is 19.6 Å². The maximum absolute atomic E-state index is 12.3. The molecule has 0 aliphatic carbocycles. The second kappa shape index (κ2) is 5.36. The van der Waals surface area contributed by atoms with Crippen LogP contribution in [0.1, 0.15) is 27.2 Å². The molecule has 1 saturated heterocycles. The van der Waals surface area contributed by atoms with E-state index in [1.165, 1.54) is 0 Å². The summed E-state index contributed by atoms with van der Waals surface area (Å²) < 4.78 is 37.0. The fraction of sp³-hybridized carbons (Fsp3) is 1.00. The molecule has 2 atom stereocenters. The lowest BCUT2D eigenvalue weighted by molar-refractivity contribution is -0.149. The predicted octanol–water partition coefficient (Wildman–Crippen LogP) is 2.26. The summed E-state index contributed by atoms with van der Waals surface area (Å²) in [6.45, 7) is 8.08. The summed E-state index contributed by atoms with van der Waals surface area (Å²) in [7, 11) is 0. The zero-order valence-electron chi connectivity index (χ0n) is 10.1. The molecule has 0 aromatic heterocycles. The second-order valence-electron chi connectivity index (χ2n) is 4.92. The Hall–Kier alpha value is -0.290. The number of alkyl halides is 3. The van der Waals surface area contributed by atoms with Crippen molar-refractivity contribution in [3.05, 3.63) is 0 Å². The molecule has 1 fully saturated rings. The standard InChI is InChI=1S/C11H21F3N2/c1-8(2)10-7-15-4-5-16(10)9(3)6-11(12,13)14/h8-10,15H,4-7H2,1-3H3. The van der Waals surface area contributed by atoms with E-state index in [-0.39, 0.29) is 6.04 Å². The predicted molar refractivity (Wildman–Crippen MR) is 58.3 cm³/mol. The lowest BCUT2D eigenvalue weighted by atomic mass is 9.98. The van der Waals surface area contributed by atoms with Gasteiger partial charge < -0.3 is 5.32 Å². The van der Waals surface area contributed by atoms with Gasteiger partial charge in [-0.1, -0.05) is 13.8 Å². The number of piperazine rings is 1. The zero-order valence-corrected chi connectivity index (χ0v) is 10.1. The lowest BCUT2D eigenvalue weighted by Gasteiger charge is -2.42. The summed E-state index contributed by atoms with van der Waals surface area (Å²) in [5, 5.41) is 3.24. The Labute approximate surface area is 95.2 Å². The highest BCUT2D eigenvalue weighted by Gasteiger charge is 2.36. The topological polar surface area (TPSA) is 15.3 Å². The van der Waals surface area contributed by atoms with Crippen molar-refractivity contribution in [1.29, 1.82) is 0 Å². The molecule has 0 amide bonds. The minimum atomic E-state index is -4.06. The van der Waals surface area contributed by atoms with Gasteiger partial charge >= 0.3 is 6.18 Å². The van der Waals surface area contributed by atoms with Crippen LogP contribution in [-0.4, -0.2) is 42.8 Å². The van der Waals surface area contributed by atoms with Gasteiger partial charge in [-0.2, -0.15) is 13.2 Å². The van der Waals surface area contributed by atoms with Crippen LogP contribution in [0.2, 0.25) is 0 Å². The first kappa shape index (κ1) is 13.8. The molecule has 1 N–H and O–H groups in total. The van der Waals surface area contributed by atoms with Crippen LogP contribution in [0.4, 0.5) is 13.2 Å². The Kier molecular flexibility index (Phi) is 4.62. The van der Waals surface area contributed by atoms with Crippen molar-refractivity contribution in [1.82, 2.24) is 10.2 Å². The number of hydrogen-bond acceptors (Lipinski definition) is 2. The molecule has 0 spiro atoms. The summed E-state index contributed by atoms with van der Waals surface area (Å²) >= 11 is 0. The summed E-state index contributed by atoms with van der Waals surface area (Å²) in [4.78, 5) is 1.99. The van der Waals surface area contributed by atoms with Crippen LogP contribution >= 0.6 is 0 Å². The highest BCUT2D eigenvalue weighted by molar-refractivity contribution is 4.86. The lowest BCUT2D eigenvalue weighted by Crippen LogP contribution is -2.57. The van der Waals surface area contributed by atoms with Gasteiger partial charge in [0.05, 0.1) is 6.42 Å². The van der Waals surface area contributed by atoms with Gasteiger partial charge in [-0.3, -0.25) is 4.90 Å². The molecular formula is C11H21F3N2. The van der Waals surface area contributed by atoms with Crippen LogP contribution in [0.3, 0.4) is 0 Å². The molecule has 0 radical (unpaired) electrons. The zero-order chi connectivity index (χ0) is 12.3. The van der Waals surface area contributed by atoms with Gasteiger partial charge in [-0.15, -0.1) is 0 Å². The van der Waals surface area contributed by atoms with Crippen LogP contribution in [0.5, 0.6) is 0 Å². The Morgan fingerprint density at radius 2 is 1.94 bits per heavy atom. The first-order chi connectivity index (χ1) is 7.31. The number of nitrogens with zero attached hydrogens (tertiary/aromatic N) is 1. The maximum Gasteiger partial charge on any atom is 0.390 e. The molecule has 0 aromatic rings. The number of halogens is 3. The Morgan fingerprint density at radius 3 is 2.44 bits per heavy atom. The normalized spacial score (nSPS) is 26.1. The van der Waals surface area contributed by atoms with E-state index in [1.807, 2.05) is 4.90 Å². The second-order valence-corrected chi connectivity index (χ2v) is 4.92.